The maximum absolute atomic E-state index is 13.2. The highest BCUT2D eigenvalue weighted by Crippen LogP contribution is 2.38. The number of rotatable bonds is 8. The Balaban J connectivity index is 1.34. The molecule has 178 valence electrons. The van der Waals surface area contributed by atoms with E-state index < -0.39 is 31.2 Å². The van der Waals surface area contributed by atoms with Gasteiger partial charge in [0.15, 0.2) is 0 Å². The number of alkyl halides is 3. The zero-order valence-corrected chi connectivity index (χ0v) is 18.2. The molecule has 0 saturated carbocycles. The van der Waals surface area contributed by atoms with Gasteiger partial charge in [-0.15, -0.1) is 0 Å². The van der Waals surface area contributed by atoms with Crippen molar-refractivity contribution in [3.05, 3.63) is 53.9 Å². The molecule has 0 aliphatic carbocycles. The second kappa shape index (κ2) is 10.2. The van der Waals surface area contributed by atoms with E-state index in [1.54, 1.807) is 30.5 Å². The van der Waals surface area contributed by atoms with Gasteiger partial charge in [0, 0.05) is 23.7 Å². The topological polar surface area (TPSA) is 74.7 Å². The summed E-state index contributed by atoms with van der Waals surface area (Å²) in [4.78, 5) is 18.1. The van der Waals surface area contributed by atoms with Crippen molar-refractivity contribution in [3.63, 3.8) is 0 Å². The van der Waals surface area contributed by atoms with Crippen molar-refractivity contribution in [2.75, 3.05) is 33.0 Å². The number of aliphatic hydroxyl groups is 1. The third kappa shape index (κ3) is 5.54. The van der Waals surface area contributed by atoms with Crippen LogP contribution in [0, 0.1) is 5.41 Å². The van der Waals surface area contributed by atoms with Gasteiger partial charge in [-0.1, -0.05) is 30.3 Å². The Labute approximate surface area is 190 Å². The Kier molecular flexibility index (Phi) is 7.31. The molecule has 33 heavy (non-hydrogen) atoms. The SMILES string of the molecule is O=C(NC(CF)C(O)c1ccc(-c2ccc(CN3CCC4(CC3)COC4)nc2)cc1)C(F)F. The molecular weight excluding hydrogens is 435 g/mol. The summed E-state index contributed by atoms with van der Waals surface area (Å²) in [6, 6.07) is 9.17. The first-order valence-electron chi connectivity index (χ1n) is 11.1. The number of halogens is 3. The average molecular weight is 464 g/mol. The number of pyridine rings is 1. The summed E-state index contributed by atoms with van der Waals surface area (Å²) in [5.74, 6) is -1.61. The highest BCUT2D eigenvalue weighted by Gasteiger charge is 2.41. The van der Waals surface area contributed by atoms with Crippen LogP contribution in [0.15, 0.2) is 42.6 Å². The number of amides is 1. The lowest BCUT2D eigenvalue weighted by Gasteiger charge is -2.47. The van der Waals surface area contributed by atoms with E-state index in [1.807, 2.05) is 17.4 Å². The van der Waals surface area contributed by atoms with Gasteiger partial charge >= 0.3 is 6.43 Å². The molecule has 6 nitrogen and oxygen atoms in total. The van der Waals surface area contributed by atoms with E-state index in [4.69, 9.17) is 4.74 Å². The molecule has 0 radical (unpaired) electrons. The van der Waals surface area contributed by atoms with E-state index in [0.717, 1.165) is 49.7 Å². The Morgan fingerprint density at radius 1 is 1.12 bits per heavy atom. The molecular formula is C24H28F3N3O3. The molecule has 1 amide bonds. The van der Waals surface area contributed by atoms with E-state index in [0.29, 0.717) is 11.0 Å². The lowest BCUT2D eigenvalue weighted by molar-refractivity contribution is -0.140. The largest absolute Gasteiger partial charge is 0.386 e. The number of likely N-dealkylation sites (tertiary alicyclic amines) is 1. The summed E-state index contributed by atoms with van der Waals surface area (Å²) < 4.78 is 43.4. The molecule has 2 aromatic rings. The van der Waals surface area contributed by atoms with Crippen LogP contribution in [0.3, 0.4) is 0 Å². The van der Waals surface area contributed by atoms with Gasteiger partial charge in [0.05, 0.1) is 24.9 Å². The lowest BCUT2D eigenvalue weighted by Crippen LogP contribution is -2.50. The zero-order valence-electron chi connectivity index (χ0n) is 18.2. The number of hydrogen-bond donors (Lipinski definition) is 2. The number of piperidine rings is 1. The van der Waals surface area contributed by atoms with Gasteiger partial charge in [-0.05, 0) is 43.1 Å². The molecule has 2 saturated heterocycles. The first kappa shape index (κ1) is 23.7. The van der Waals surface area contributed by atoms with E-state index >= 15 is 0 Å². The molecule has 4 rings (SSSR count). The van der Waals surface area contributed by atoms with Gasteiger partial charge < -0.3 is 15.2 Å². The smallest absolute Gasteiger partial charge is 0.315 e. The Bertz CT molecular complexity index is 926. The van der Waals surface area contributed by atoms with E-state index in [-0.39, 0.29) is 0 Å². The molecule has 3 heterocycles. The Morgan fingerprint density at radius 2 is 1.79 bits per heavy atom. The second-order valence-electron chi connectivity index (χ2n) is 8.94. The van der Waals surface area contributed by atoms with Crippen LogP contribution in [-0.2, 0) is 16.1 Å². The summed E-state index contributed by atoms with van der Waals surface area (Å²) in [5, 5.41) is 12.1. The quantitative estimate of drug-likeness (QED) is 0.629. The van der Waals surface area contributed by atoms with Crippen LogP contribution < -0.4 is 5.32 Å². The lowest BCUT2D eigenvalue weighted by atomic mass is 9.77. The monoisotopic (exact) mass is 463 g/mol. The van der Waals surface area contributed by atoms with Crippen LogP contribution in [0.1, 0.15) is 30.2 Å². The second-order valence-corrected chi connectivity index (χ2v) is 8.94. The molecule has 1 aromatic carbocycles. The highest BCUT2D eigenvalue weighted by molar-refractivity contribution is 5.79. The number of carbonyl (C=O) groups is 1. The molecule has 1 spiro atoms. The van der Waals surface area contributed by atoms with Crippen molar-refractivity contribution >= 4 is 5.91 Å². The summed E-state index contributed by atoms with van der Waals surface area (Å²) >= 11 is 0. The molecule has 2 unspecified atom stereocenters. The van der Waals surface area contributed by atoms with Crippen molar-refractivity contribution in [3.8, 4) is 11.1 Å². The molecule has 9 heteroatoms. The summed E-state index contributed by atoms with van der Waals surface area (Å²) in [5.41, 5.74) is 3.46. The standard InChI is InChI=1S/C24H28F3N3O3/c25-11-20(29-23(32)22(26)27)21(31)17-3-1-16(2-4-17)18-5-6-19(28-12-18)13-30-9-7-24(8-10-30)14-33-15-24/h1-6,12,20-22,31H,7-11,13-15H2,(H,29,32). The fourth-order valence-corrected chi connectivity index (χ4v) is 4.34. The highest BCUT2D eigenvalue weighted by atomic mass is 19.3. The summed E-state index contributed by atoms with van der Waals surface area (Å²) in [7, 11) is 0. The van der Waals surface area contributed by atoms with Gasteiger partial charge in [-0.3, -0.25) is 14.7 Å². The minimum atomic E-state index is -3.27. The van der Waals surface area contributed by atoms with Crippen LogP contribution in [0.4, 0.5) is 13.2 Å². The van der Waals surface area contributed by atoms with Gasteiger partial charge in [0.1, 0.15) is 12.8 Å². The number of aromatic nitrogens is 1. The third-order valence-electron chi connectivity index (χ3n) is 6.60. The molecule has 2 aliphatic heterocycles. The minimum Gasteiger partial charge on any atom is -0.386 e. The van der Waals surface area contributed by atoms with Crippen molar-refractivity contribution in [2.24, 2.45) is 5.41 Å². The number of ether oxygens (including phenoxy) is 1. The first-order chi connectivity index (χ1) is 15.9. The molecule has 1 aromatic heterocycles. The molecule has 2 atom stereocenters. The maximum Gasteiger partial charge on any atom is 0.315 e. The average Bonchev–Trinajstić information content (AvgIpc) is 2.82. The normalized spacial score (nSPS) is 19.8. The number of nitrogens with zero attached hydrogens (tertiary/aromatic N) is 2. The van der Waals surface area contributed by atoms with Crippen molar-refractivity contribution in [2.45, 2.75) is 38.0 Å². The van der Waals surface area contributed by atoms with Crippen molar-refractivity contribution in [1.82, 2.24) is 15.2 Å². The van der Waals surface area contributed by atoms with Crippen molar-refractivity contribution < 1.29 is 27.8 Å². The minimum absolute atomic E-state index is 0.320. The Hall–Kier alpha value is -2.49. The number of benzene rings is 1. The van der Waals surface area contributed by atoms with E-state index in [9.17, 15) is 23.1 Å². The van der Waals surface area contributed by atoms with Crippen LogP contribution in [0.25, 0.3) is 11.1 Å². The van der Waals surface area contributed by atoms with Crippen LogP contribution in [0.2, 0.25) is 0 Å². The van der Waals surface area contributed by atoms with Crippen LogP contribution >= 0.6 is 0 Å². The molecule has 2 aliphatic rings. The third-order valence-corrected chi connectivity index (χ3v) is 6.60. The predicted octanol–water partition coefficient (Wildman–Crippen LogP) is 3.11. The van der Waals surface area contributed by atoms with Gasteiger partial charge in [-0.25, -0.2) is 4.39 Å². The fourth-order valence-electron chi connectivity index (χ4n) is 4.34. The van der Waals surface area contributed by atoms with Gasteiger partial charge in [0.2, 0.25) is 0 Å². The molecule has 0 bridgehead atoms. The number of carbonyl (C=O) groups excluding carboxylic acids is 1. The fraction of sp³-hybridized carbons (Fsp3) is 0.500. The maximum atomic E-state index is 13.2. The number of hydrogen-bond acceptors (Lipinski definition) is 5. The van der Waals surface area contributed by atoms with Crippen LogP contribution in [0.5, 0.6) is 0 Å². The van der Waals surface area contributed by atoms with E-state index in [1.165, 1.54) is 12.8 Å². The summed E-state index contributed by atoms with van der Waals surface area (Å²) in [6.07, 6.45) is -0.592. The number of nitrogens with one attached hydrogen (secondary N) is 1. The zero-order chi connectivity index (χ0) is 23.4. The van der Waals surface area contributed by atoms with E-state index in [2.05, 4.69) is 9.88 Å². The summed E-state index contributed by atoms with van der Waals surface area (Å²) in [6.45, 7) is 3.52. The predicted molar refractivity (Wildman–Crippen MR) is 116 cm³/mol. The first-order valence-corrected chi connectivity index (χ1v) is 11.1. The molecule has 2 fully saturated rings. The van der Waals surface area contributed by atoms with Crippen LogP contribution in [-0.4, -0.2) is 66.3 Å². The molecule has 2 N–H and O–H groups in total. The van der Waals surface area contributed by atoms with Crippen molar-refractivity contribution in [1.29, 1.82) is 0 Å². The van der Waals surface area contributed by atoms with Gasteiger partial charge in [0.25, 0.3) is 5.91 Å². The Morgan fingerprint density at radius 3 is 2.30 bits per heavy atom. The number of aliphatic hydroxyl groups excluding tert-OH is 1. The van der Waals surface area contributed by atoms with Gasteiger partial charge in [-0.2, -0.15) is 8.78 Å².